The van der Waals surface area contributed by atoms with E-state index in [0.717, 1.165) is 62.1 Å². The van der Waals surface area contributed by atoms with E-state index in [4.69, 9.17) is 28.4 Å². The van der Waals surface area contributed by atoms with Crippen LogP contribution >= 0.6 is 15.9 Å². The summed E-state index contributed by atoms with van der Waals surface area (Å²) < 4.78 is 33.1. The quantitative estimate of drug-likeness (QED) is 0.194. The molecule has 220 valence electrons. The Labute approximate surface area is 256 Å². The van der Waals surface area contributed by atoms with Crippen molar-refractivity contribution >= 4 is 27.6 Å². The maximum atomic E-state index is 5.81. The largest absolute Gasteiger partial charge is 0.497 e. The summed E-state index contributed by atoms with van der Waals surface area (Å²) in [4.78, 5) is 0. The van der Waals surface area contributed by atoms with E-state index in [1.54, 1.807) is 42.7 Å². The van der Waals surface area contributed by atoms with Gasteiger partial charge in [-0.1, -0.05) is 30.3 Å². The van der Waals surface area contributed by atoms with E-state index in [-0.39, 0.29) is 5.92 Å². The van der Waals surface area contributed by atoms with Gasteiger partial charge in [0.05, 0.1) is 47.1 Å². The lowest BCUT2D eigenvalue weighted by atomic mass is 9.92. The van der Waals surface area contributed by atoms with Crippen LogP contribution in [0.1, 0.15) is 40.2 Å². The van der Waals surface area contributed by atoms with Gasteiger partial charge in [-0.2, -0.15) is 0 Å². The summed E-state index contributed by atoms with van der Waals surface area (Å²) in [6.07, 6.45) is 3.08. The summed E-state index contributed by atoms with van der Waals surface area (Å²) >= 11 is 3.79. The summed E-state index contributed by atoms with van der Waals surface area (Å²) in [6, 6.07) is 24.1. The second kappa shape index (κ2) is 14.2. The first-order valence-corrected chi connectivity index (χ1v) is 14.3. The average molecular weight is 634 g/mol. The van der Waals surface area contributed by atoms with Crippen molar-refractivity contribution in [2.75, 3.05) is 42.7 Å². The molecule has 7 heteroatoms. The van der Waals surface area contributed by atoms with Crippen LogP contribution in [0.25, 0.3) is 11.6 Å². The van der Waals surface area contributed by atoms with Gasteiger partial charge in [0.25, 0.3) is 0 Å². The van der Waals surface area contributed by atoms with Gasteiger partial charge in [0, 0.05) is 29.2 Å². The minimum absolute atomic E-state index is 0.169. The minimum atomic E-state index is 0.169. The topological polar surface area (TPSA) is 55.4 Å². The van der Waals surface area contributed by atoms with Crippen molar-refractivity contribution in [3.63, 3.8) is 0 Å². The Hall–Kier alpha value is -4.10. The van der Waals surface area contributed by atoms with Gasteiger partial charge < -0.3 is 28.4 Å². The third kappa shape index (κ3) is 6.85. The maximum absolute atomic E-state index is 5.81. The normalized spacial score (nSPS) is 14.4. The zero-order chi connectivity index (χ0) is 30.2. The van der Waals surface area contributed by atoms with E-state index < -0.39 is 0 Å². The predicted molar refractivity (Wildman–Crippen MR) is 172 cm³/mol. The molecule has 0 aliphatic heterocycles. The summed E-state index contributed by atoms with van der Waals surface area (Å²) in [5.41, 5.74) is 7.00. The molecule has 0 amide bonds. The molecule has 0 radical (unpaired) electrons. The van der Waals surface area contributed by atoms with Crippen LogP contribution in [0, 0.1) is 6.92 Å². The molecule has 42 heavy (non-hydrogen) atoms. The molecule has 0 unspecified atom stereocenters. The first-order chi connectivity index (χ1) is 20.3. The Kier molecular flexibility index (Phi) is 10.4. The van der Waals surface area contributed by atoms with Gasteiger partial charge >= 0.3 is 0 Å². The number of allylic oxidation sites excluding steroid dienone is 1. The lowest BCUT2D eigenvalue weighted by molar-refractivity contribution is 0.389. The molecule has 4 aromatic carbocycles. The lowest BCUT2D eigenvalue weighted by Gasteiger charge is -2.18. The summed E-state index contributed by atoms with van der Waals surface area (Å²) in [5, 5.41) is 0. The molecule has 0 heterocycles. The molecule has 1 atom stereocenters. The molecular formula is C35H37BrO6. The molecule has 0 spiro atoms. The summed E-state index contributed by atoms with van der Waals surface area (Å²) in [6.45, 7) is 2.00. The molecular weight excluding hydrogens is 596 g/mol. The first kappa shape index (κ1) is 30.8. The smallest absolute Gasteiger partial charge is 0.137 e. The van der Waals surface area contributed by atoms with Crippen molar-refractivity contribution in [1.82, 2.24) is 0 Å². The molecule has 0 bridgehead atoms. The van der Waals surface area contributed by atoms with Crippen LogP contribution in [0.5, 0.6) is 34.5 Å². The molecule has 0 saturated carbocycles. The average Bonchev–Trinajstić information content (AvgIpc) is 3.41. The van der Waals surface area contributed by atoms with E-state index in [9.17, 15) is 0 Å². The van der Waals surface area contributed by atoms with Gasteiger partial charge in [-0.3, -0.25) is 0 Å². The van der Waals surface area contributed by atoms with Gasteiger partial charge in [0.1, 0.15) is 34.5 Å². The number of hydrogen-bond donors (Lipinski definition) is 0. The number of fused-ring (bicyclic) bond motifs is 1. The SMILES string of the molecule is COc1cc(C)cc(OC)c1.COc1ccc(/C=C2\C[C@H](c3ccc(OC)cc3)c3c(OC)cc(OC)c(Br)c32)cc1. The van der Waals surface area contributed by atoms with E-state index >= 15 is 0 Å². The first-order valence-electron chi connectivity index (χ1n) is 13.5. The fourth-order valence-corrected chi connectivity index (χ4v) is 5.87. The molecule has 4 aromatic rings. The fraction of sp³-hybridized carbons (Fsp3) is 0.257. The highest BCUT2D eigenvalue weighted by atomic mass is 79.9. The number of rotatable bonds is 8. The highest BCUT2D eigenvalue weighted by Crippen LogP contribution is 2.54. The predicted octanol–water partition coefficient (Wildman–Crippen LogP) is 8.57. The Bertz CT molecular complexity index is 1500. The van der Waals surface area contributed by atoms with E-state index in [2.05, 4.69) is 46.3 Å². The molecule has 0 fully saturated rings. The second-order valence-corrected chi connectivity index (χ2v) is 10.5. The fourth-order valence-electron chi connectivity index (χ4n) is 5.13. The van der Waals surface area contributed by atoms with Crippen molar-refractivity contribution in [2.45, 2.75) is 19.3 Å². The Morgan fingerprint density at radius 3 is 1.64 bits per heavy atom. The standard InChI is InChI=1S/C26H25BrO4.C9H12O2/c1-28-19-9-5-16(6-10-19)13-18-14-21(17-7-11-20(29-2)12-8-17)25-22(30-3)15-23(31-4)26(27)24(18)25;1-7-4-8(10-2)6-9(5-7)11-3/h5-13,15,21H,14H2,1-4H3;4-6H,1-3H3/b18-13+;/t21-;/m1./s1. The van der Waals surface area contributed by atoms with Crippen LogP contribution in [0.3, 0.4) is 0 Å². The minimum Gasteiger partial charge on any atom is -0.497 e. The second-order valence-electron chi connectivity index (χ2n) is 9.75. The molecule has 0 saturated heterocycles. The number of halogens is 1. The molecule has 1 aliphatic carbocycles. The number of hydrogen-bond acceptors (Lipinski definition) is 6. The highest BCUT2D eigenvalue weighted by Gasteiger charge is 2.34. The molecule has 0 N–H and O–H groups in total. The van der Waals surface area contributed by atoms with Crippen molar-refractivity contribution in [2.24, 2.45) is 0 Å². The maximum Gasteiger partial charge on any atom is 0.137 e. The molecule has 6 nitrogen and oxygen atoms in total. The van der Waals surface area contributed by atoms with Crippen LogP contribution in [-0.4, -0.2) is 42.7 Å². The van der Waals surface area contributed by atoms with Gasteiger partial charge in [0.15, 0.2) is 0 Å². The summed E-state index contributed by atoms with van der Waals surface area (Å²) in [5.74, 6) is 5.11. The van der Waals surface area contributed by atoms with Crippen LogP contribution < -0.4 is 28.4 Å². The van der Waals surface area contributed by atoms with Crippen molar-refractivity contribution in [3.8, 4) is 34.5 Å². The number of aryl methyl sites for hydroxylation is 1. The van der Waals surface area contributed by atoms with E-state index in [0.29, 0.717) is 0 Å². The van der Waals surface area contributed by atoms with Crippen molar-refractivity contribution in [1.29, 1.82) is 0 Å². The van der Waals surface area contributed by atoms with Crippen molar-refractivity contribution < 1.29 is 28.4 Å². The number of ether oxygens (including phenoxy) is 6. The molecule has 1 aliphatic rings. The Morgan fingerprint density at radius 2 is 1.14 bits per heavy atom. The van der Waals surface area contributed by atoms with Gasteiger partial charge in [-0.15, -0.1) is 0 Å². The third-order valence-corrected chi connectivity index (χ3v) is 8.02. The zero-order valence-electron chi connectivity index (χ0n) is 25.1. The van der Waals surface area contributed by atoms with Crippen LogP contribution in [0.15, 0.2) is 77.3 Å². The molecule has 0 aromatic heterocycles. The monoisotopic (exact) mass is 632 g/mol. The van der Waals surface area contributed by atoms with Crippen LogP contribution in [0.4, 0.5) is 0 Å². The third-order valence-electron chi connectivity index (χ3n) is 7.24. The summed E-state index contributed by atoms with van der Waals surface area (Å²) in [7, 11) is 10.0. The number of methoxy groups -OCH3 is 6. The number of benzene rings is 4. The van der Waals surface area contributed by atoms with Crippen LogP contribution in [0.2, 0.25) is 0 Å². The highest BCUT2D eigenvalue weighted by molar-refractivity contribution is 9.10. The molecule has 5 rings (SSSR count). The van der Waals surface area contributed by atoms with Crippen molar-refractivity contribution in [3.05, 3.63) is 105 Å². The van der Waals surface area contributed by atoms with E-state index in [1.165, 1.54) is 16.7 Å². The van der Waals surface area contributed by atoms with E-state index in [1.807, 2.05) is 55.5 Å². The lowest BCUT2D eigenvalue weighted by Crippen LogP contribution is -2.01. The van der Waals surface area contributed by atoms with Gasteiger partial charge in [-0.05, 0) is 87.9 Å². The Balaban J connectivity index is 0.000000310. The van der Waals surface area contributed by atoms with Crippen LogP contribution in [-0.2, 0) is 0 Å². The van der Waals surface area contributed by atoms with Gasteiger partial charge in [0.2, 0.25) is 0 Å². The zero-order valence-corrected chi connectivity index (χ0v) is 26.7. The van der Waals surface area contributed by atoms with Gasteiger partial charge in [-0.25, -0.2) is 0 Å². The Morgan fingerprint density at radius 1 is 0.619 bits per heavy atom.